The number of sulfonamides is 1. The van der Waals surface area contributed by atoms with E-state index in [1.807, 2.05) is 6.07 Å². The number of hydrogen-bond acceptors (Lipinski definition) is 4. The van der Waals surface area contributed by atoms with Crippen LogP contribution in [0.2, 0.25) is 0 Å². The molecule has 0 atom stereocenters. The first kappa shape index (κ1) is 15.0. The molecule has 0 radical (unpaired) electrons. The normalized spacial score (nSPS) is 11.3. The lowest BCUT2D eigenvalue weighted by Gasteiger charge is -2.17. The fourth-order valence-electron chi connectivity index (χ4n) is 1.82. The predicted octanol–water partition coefficient (Wildman–Crippen LogP) is 1.07. The minimum atomic E-state index is -3.69. The van der Waals surface area contributed by atoms with Crippen molar-refractivity contribution in [3.63, 3.8) is 0 Å². The maximum Gasteiger partial charge on any atom is 0.247 e. The highest BCUT2D eigenvalue weighted by molar-refractivity contribution is 7.89. The fourth-order valence-corrected chi connectivity index (χ4v) is 2.94. The molecule has 7 heteroatoms. The summed E-state index contributed by atoms with van der Waals surface area (Å²) in [5.41, 5.74) is 0.824. The van der Waals surface area contributed by atoms with Gasteiger partial charge in [0, 0.05) is 25.9 Å². The fraction of sp³-hybridized carbons (Fsp3) is 0.143. The molecule has 0 amide bonds. The summed E-state index contributed by atoms with van der Waals surface area (Å²) >= 11 is 0. The highest BCUT2D eigenvalue weighted by Crippen LogP contribution is 2.15. The number of aromatic nitrogens is 1. The zero-order chi connectivity index (χ0) is 15.5. The van der Waals surface area contributed by atoms with Crippen LogP contribution < -0.4 is 5.56 Å². The maximum absolute atomic E-state index is 12.3. The van der Waals surface area contributed by atoms with Gasteiger partial charge in [0.1, 0.15) is 0 Å². The van der Waals surface area contributed by atoms with Crippen LogP contribution in [0.3, 0.4) is 0 Å². The van der Waals surface area contributed by atoms with Crippen molar-refractivity contribution < 1.29 is 8.42 Å². The summed E-state index contributed by atoms with van der Waals surface area (Å²) < 4.78 is 25.8. The smallest absolute Gasteiger partial charge is 0.247 e. The van der Waals surface area contributed by atoms with Crippen LogP contribution in [0.4, 0.5) is 0 Å². The topological polar surface area (TPSA) is 94.0 Å². The number of H-pyrrole nitrogens is 1. The Balaban J connectivity index is 2.26. The third-order valence-corrected chi connectivity index (χ3v) is 4.72. The number of hydrogen-bond donors (Lipinski definition) is 1. The van der Waals surface area contributed by atoms with Crippen LogP contribution >= 0.6 is 0 Å². The molecule has 1 aromatic heterocycles. The molecule has 0 aliphatic rings. The molecular formula is C14H13N3O3S. The van der Waals surface area contributed by atoms with Gasteiger partial charge in [-0.2, -0.15) is 9.57 Å². The van der Waals surface area contributed by atoms with Gasteiger partial charge in [0.05, 0.1) is 16.5 Å². The van der Waals surface area contributed by atoms with Crippen molar-refractivity contribution in [2.75, 3.05) is 7.05 Å². The van der Waals surface area contributed by atoms with Crippen LogP contribution in [0, 0.1) is 11.3 Å². The van der Waals surface area contributed by atoms with Crippen LogP contribution in [0.1, 0.15) is 11.1 Å². The van der Waals surface area contributed by atoms with Gasteiger partial charge in [0.2, 0.25) is 15.6 Å². The van der Waals surface area contributed by atoms with Crippen molar-refractivity contribution in [3.05, 3.63) is 64.1 Å². The van der Waals surface area contributed by atoms with Gasteiger partial charge in [-0.25, -0.2) is 8.42 Å². The summed E-state index contributed by atoms with van der Waals surface area (Å²) in [5.74, 6) is 0. The molecule has 0 fully saturated rings. The first-order valence-corrected chi connectivity index (χ1v) is 7.51. The van der Waals surface area contributed by atoms with Gasteiger partial charge in [0.15, 0.2) is 0 Å². The molecule has 2 aromatic rings. The van der Waals surface area contributed by atoms with Crippen LogP contribution in [0.25, 0.3) is 0 Å². The van der Waals surface area contributed by atoms with E-state index in [2.05, 4.69) is 4.98 Å². The van der Waals surface area contributed by atoms with Crippen LogP contribution in [0.15, 0.2) is 52.3 Å². The number of nitrogens with one attached hydrogen (secondary N) is 1. The highest BCUT2D eigenvalue weighted by atomic mass is 32.2. The maximum atomic E-state index is 12.3. The Morgan fingerprint density at radius 3 is 2.67 bits per heavy atom. The summed E-state index contributed by atoms with van der Waals surface area (Å²) in [7, 11) is -2.25. The second kappa shape index (κ2) is 5.91. The Morgan fingerprint density at radius 1 is 1.29 bits per heavy atom. The molecule has 0 spiro atoms. The van der Waals surface area contributed by atoms with E-state index < -0.39 is 10.0 Å². The van der Waals surface area contributed by atoms with E-state index in [1.54, 1.807) is 24.3 Å². The van der Waals surface area contributed by atoms with Crippen LogP contribution in [-0.4, -0.2) is 24.8 Å². The molecule has 1 heterocycles. The third kappa shape index (κ3) is 3.37. The van der Waals surface area contributed by atoms with Gasteiger partial charge in [-0.05, 0) is 23.8 Å². The zero-order valence-corrected chi connectivity index (χ0v) is 12.1. The number of pyridine rings is 1. The Labute approximate surface area is 122 Å². The zero-order valence-electron chi connectivity index (χ0n) is 11.3. The van der Waals surface area contributed by atoms with Crippen LogP contribution in [-0.2, 0) is 16.6 Å². The lowest BCUT2D eigenvalue weighted by atomic mass is 10.1. The lowest BCUT2D eigenvalue weighted by molar-refractivity contribution is 0.466. The second-order valence-corrected chi connectivity index (χ2v) is 6.51. The third-order valence-electron chi connectivity index (χ3n) is 2.93. The molecule has 0 aliphatic heterocycles. The van der Waals surface area contributed by atoms with E-state index in [-0.39, 0.29) is 17.0 Å². The van der Waals surface area contributed by atoms with Crippen LogP contribution in [0.5, 0.6) is 0 Å². The van der Waals surface area contributed by atoms with Crippen molar-refractivity contribution in [1.82, 2.24) is 9.29 Å². The molecule has 21 heavy (non-hydrogen) atoms. The van der Waals surface area contributed by atoms with E-state index in [1.165, 1.54) is 19.3 Å². The molecular weight excluding hydrogens is 290 g/mol. The molecule has 0 saturated carbocycles. The van der Waals surface area contributed by atoms with E-state index in [0.717, 1.165) is 10.4 Å². The van der Waals surface area contributed by atoms with Gasteiger partial charge in [-0.3, -0.25) is 4.79 Å². The Bertz CT molecular complexity index is 830. The first-order chi connectivity index (χ1) is 9.93. The summed E-state index contributed by atoms with van der Waals surface area (Å²) in [6.45, 7) is 0.136. The SMILES string of the molecule is CN(Cc1cccc(C#N)c1)S(=O)(=O)c1ccc(=O)[nH]c1. The molecule has 1 N–H and O–H groups in total. The quantitative estimate of drug-likeness (QED) is 0.914. The lowest BCUT2D eigenvalue weighted by Crippen LogP contribution is -2.27. The summed E-state index contributed by atoms with van der Waals surface area (Å²) in [6, 6.07) is 11.2. The van der Waals surface area contributed by atoms with Gasteiger partial charge < -0.3 is 4.98 Å². The number of benzene rings is 1. The van der Waals surface area contributed by atoms with Crippen molar-refractivity contribution >= 4 is 10.0 Å². The number of aromatic amines is 1. The number of rotatable bonds is 4. The van der Waals surface area contributed by atoms with Crippen molar-refractivity contribution in [1.29, 1.82) is 5.26 Å². The average Bonchev–Trinajstić information content (AvgIpc) is 2.48. The number of nitriles is 1. The van der Waals surface area contributed by atoms with E-state index >= 15 is 0 Å². The average molecular weight is 303 g/mol. The molecule has 6 nitrogen and oxygen atoms in total. The minimum Gasteiger partial charge on any atom is -0.328 e. The molecule has 2 rings (SSSR count). The van der Waals surface area contributed by atoms with Crippen molar-refractivity contribution in [3.8, 4) is 6.07 Å². The molecule has 1 aromatic carbocycles. The van der Waals surface area contributed by atoms with E-state index in [4.69, 9.17) is 5.26 Å². The monoisotopic (exact) mass is 303 g/mol. The molecule has 108 valence electrons. The Hall–Kier alpha value is -2.43. The molecule has 0 bridgehead atoms. The molecule has 0 aliphatic carbocycles. The van der Waals surface area contributed by atoms with Crippen molar-refractivity contribution in [2.24, 2.45) is 0 Å². The second-order valence-electron chi connectivity index (χ2n) is 4.46. The first-order valence-electron chi connectivity index (χ1n) is 6.07. The summed E-state index contributed by atoms with van der Waals surface area (Å²) in [4.78, 5) is 13.3. The van der Waals surface area contributed by atoms with E-state index in [0.29, 0.717) is 11.1 Å². The minimum absolute atomic E-state index is 0.0148. The standard InChI is InChI=1S/C14H13N3O3S/c1-17(10-12-4-2-3-11(7-12)8-15)21(19,20)13-5-6-14(18)16-9-13/h2-7,9H,10H2,1H3,(H,16,18). The van der Waals surface area contributed by atoms with Gasteiger partial charge in [-0.1, -0.05) is 12.1 Å². The molecule has 0 unspecified atom stereocenters. The molecule has 0 saturated heterocycles. The highest BCUT2D eigenvalue weighted by Gasteiger charge is 2.21. The van der Waals surface area contributed by atoms with Crippen molar-refractivity contribution in [2.45, 2.75) is 11.4 Å². The number of nitrogens with zero attached hydrogens (tertiary/aromatic N) is 2. The Kier molecular flexibility index (Phi) is 4.21. The largest absolute Gasteiger partial charge is 0.328 e. The van der Waals surface area contributed by atoms with Gasteiger partial charge in [-0.15, -0.1) is 0 Å². The summed E-state index contributed by atoms with van der Waals surface area (Å²) in [5, 5.41) is 8.84. The van der Waals surface area contributed by atoms with Gasteiger partial charge >= 0.3 is 0 Å². The van der Waals surface area contributed by atoms with E-state index in [9.17, 15) is 13.2 Å². The predicted molar refractivity (Wildman–Crippen MR) is 76.9 cm³/mol. The van der Waals surface area contributed by atoms with Gasteiger partial charge in [0.25, 0.3) is 0 Å². The summed E-state index contributed by atoms with van der Waals surface area (Å²) in [6.07, 6.45) is 1.17. The Morgan fingerprint density at radius 2 is 2.05 bits per heavy atom.